The highest BCUT2D eigenvalue weighted by atomic mass is 35.5. The van der Waals surface area contributed by atoms with Gasteiger partial charge in [0, 0.05) is 25.2 Å². The molecule has 0 amide bonds. The van der Waals surface area contributed by atoms with Gasteiger partial charge in [-0.15, -0.1) is 0 Å². The summed E-state index contributed by atoms with van der Waals surface area (Å²) in [7, 11) is 0. The standard InChI is InChI=1S/C18H29ClN2/c1-4-7-16-8-5-6-11-21(16)18-10-9-15(12-17(18)19)13-20-14(2)3/h9-10,12,14,16,20H,4-8,11,13H2,1-3H3. The number of rotatable bonds is 6. The molecule has 2 nitrogen and oxygen atoms in total. The summed E-state index contributed by atoms with van der Waals surface area (Å²) in [6.45, 7) is 8.64. The fraction of sp³-hybridized carbons (Fsp3) is 0.667. The molecule has 1 aliphatic heterocycles. The van der Waals surface area contributed by atoms with Crippen molar-refractivity contribution < 1.29 is 0 Å². The van der Waals surface area contributed by atoms with Gasteiger partial charge in [0.05, 0.1) is 10.7 Å². The molecule has 0 bridgehead atoms. The molecule has 1 aromatic carbocycles. The van der Waals surface area contributed by atoms with Crippen molar-refractivity contribution >= 4 is 17.3 Å². The molecule has 1 unspecified atom stereocenters. The molecule has 1 N–H and O–H groups in total. The lowest BCUT2D eigenvalue weighted by atomic mass is 9.97. The van der Waals surface area contributed by atoms with Gasteiger partial charge in [0.15, 0.2) is 0 Å². The van der Waals surface area contributed by atoms with Gasteiger partial charge in [-0.25, -0.2) is 0 Å². The van der Waals surface area contributed by atoms with Crippen LogP contribution in [0, 0.1) is 0 Å². The number of hydrogen-bond donors (Lipinski definition) is 1. The van der Waals surface area contributed by atoms with Gasteiger partial charge >= 0.3 is 0 Å². The van der Waals surface area contributed by atoms with Gasteiger partial charge in [-0.05, 0) is 43.4 Å². The Bertz CT molecular complexity index is 443. The summed E-state index contributed by atoms with van der Waals surface area (Å²) >= 11 is 6.57. The van der Waals surface area contributed by atoms with Crippen LogP contribution in [0.5, 0.6) is 0 Å². The van der Waals surface area contributed by atoms with Crippen LogP contribution in [-0.2, 0) is 6.54 Å². The van der Waals surface area contributed by atoms with Crippen molar-refractivity contribution in [1.82, 2.24) is 5.32 Å². The number of nitrogens with one attached hydrogen (secondary N) is 1. The van der Waals surface area contributed by atoms with Crippen LogP contribution in [-0.4, -0.2) is 18.6 Å². The summed E-state index contributed by atoms with van der Waals surface area (Å²) in [5.41, 5.74) is 2.49. The van der Waals surface area contributed by atoms with Gasteiger partial charge in [-0.3, -0.25) is 0 Å². The third-order valence-electron chi connectivity index (χ3n) is 4.28. The molecule has 0 radical (unpaired) electrons. The first-order valence-electron chi connectivity index (χ1n) is 8.40. The van der Waals surface area contributed by atoms with Gasteiger partial charge in [0.1, 0.15) is 0 Å². The van der Waals surface area contributed by atoms with Crippen molar-refractivity contribution in [3.63, 3.8) is 0 Å². The van der Waals surface area contributed by atoms with Gasteiger partial charge in [0.25, 0.3) is 0 Å². The second-order valence-electron chi connectivity index (χ2n) is 6.45. The van der Waals surface area contributed by atoms with E-state index in [9.17, 15) is 0 Å². The average Bonchev–Trinajstić information content (AvgIpc) is 2.46. The van der Waals surface area contributed by atoms with E-state index in [-0.39, 0.29) is 0 Å². The minimum atomic E-state index is 0.500. The molecule has 1 heterocycles. The largest absolute Gasteiger partial charge is 0.367 e. The highest BCUT2D eigenvalue weighted by Crippen LogP contribution is 2.33. The van der Waals surface area contributed by atoms with Crippen molar-refractivity contribution in [3.05, 3.63) is 28.8 Å². The molecule has 1 aromatic rings. The molecule has 3 heteroatoms. The number of halogens is 1. The van der Waals surface area contributed by atoms with Crippen LogP contribution in [0.25, 0.3) is 0 Å². The Labute approximate surface area is 134 Å². The first-order chi connectivity index (χ1) is 10.1. The van der Waals surface area contributed by atoms with E-state index in [0.29, 0.717) is 12.1 Å². The number of benzene rings is 1. The summed E-state index contributed by atoms with van der Waals surface area (Å²) in [5, 5.41) is 4.35. The number of piperidine rings is 1. The Morgan fingerprint density at radius 1 is 1.33 bits per heavy atom. The predicted molar refractivity (Wildman–Crippen MR) is 93.3 cm³/mol. The molecule has 1 saturated heterocycles. The maximum atomic E-state index is 6.57. The molecule has 0 spiro atoms. The molecule has 0 saturated carbocycles. The number of hydrogen-bond acceptors (Lipinski definition) is 2. The van der Waals surface area contributed by atoms with E-state index in [2.05, 4.69) is 49.2 Å². The fourth-order valence-corrected chi connectivity index (χ4v) is 3.48. The molecular formula is C18H29ClN2. The Morgan fingerprint density at radius 2 is 2.14 bits per heavy atom. The Balaban J connectivity index is 2.11. The van der Waals surface area contributed by atoms with Gasteiger partial charge < -0.3 is 10.2 Å². The van der Waals surface area contributed by atoms with Gasteiger partial charge in [0.2, 0.25) is 0 Å². The van der Waals surface area contributed by atoms with Crippen molar-refractivity contribution in [2.45, 2.75) is 71.5 Å². The second-order valence-corrected chi connectivity index (χ2v) is 6.86. The molecule has 21 heavy (non-hydrogen) atoms. The molecule has 0 aliphatic carbocycles. The lowest BCUT2D eigenvalue weighted by Gasteiger charge is -2.38. The van der Waals surface area contributed by atoms with E-state index in [4.69, 9.17) is 11.6 Å². The van der Waals surface area contributed by atoms with E-state index in [1.54, 1.807) is 0 Å². The van der Waals surface area contributed by atoms with Crippen LogP contribution in [0.3, 0.4) is 0 Å². The van der Waals surface area contributed by atoms with E-state index >= 15 is 0 Å². The topological polar surface area (TPSA) is 15.3 Å². The van der Waals surface area contributed by atoms with Crippen molar-refractivity contribution in [3.8, 4) is 0 Å². The molecule has 2 rings (SSSR count). The SMILES string of the molecule is CCCC1CCCCN1c1ccc(CNC(C)C)cc1Cl. The zero-order chi connectivity index (χ0) is 15.2. The van der Waals surface area contributed by atoms with Crippen LogP contribution < -0.4 is 10.2 Å². The molecule has 118 valence electrons. The molecule has 0 aromatic heterocycles. The van der Waals surface area contributed by atoms with Crippen LogP contribution in [0.15, 0.2) is 18.2 Å². The number of anilines is 1. The van der Waals surface area contributed by atoms with Crippen LogP contribution in [0.2, 0.25) is 5.02 Å². The second kappa shape index (κ2) is 8.05. The van der Waals surface area contributed by atoms with Gasteiger partial charge in [-0.2, -0.15) is 0 Å². The summed E-state index contributed by atoms with van der Waals surface area (Å²) in [5.74, 6) is 0. The van der Waals surface area contributed by atoms with Crippen LogP contribution in [0.4, 0.5) is 5.69 Å². The van der Waals surface area contributed by atoms with Crippen LogP contribution >= 0.6 is 11.6 Å². The maximum Gasteiger partial charge on any atom is 0.0642 e. The lowest BCUT2D eigenvalue weighted by Crippen LogP contribution is -2.39. The van der Waals surface area contributed by atoms with Gasteiger partial charge in [-0.1, -0.05) is 44.9 Å². The average molecular weight is 309 g/mol. The Morgan fingerprint density at radius 3 is 2.81 bits per heavy atom. The predicted octanol–water partition coefficient (Wildman–Crippen LogP) is 5.00. The molecule has 1 aliphatic rings. The van der Waals surface area contributed by atoms with Crippen LogP contribution in [0.1, 0.15) is 58.4 Å². The molecule has 1 atom stereocenters. The van der Waals surface area contributed by atoms with E-state index in [1.807, 2.05) is 0 Å². The minimum Gasteiger partial charge on any atom is -0.367 e. The number of nitrogens with zero attached hydrogens (tertiary/aromatic N) is 1. The Kier molecular flexibility index (Phi) is 6.38. The summed E-state index contributed by atoms with van der Waals surface area (Å²) < 4.78 is 0. The smallest absolute Gasteiger partial charge is 0.0642 e. The maximum absolute atomic E-state index is 6.57. The van der Waals surface area contributed by atoms with E-state index in [1.165, 1.54) is 43.4 Å². The summed E-state index contributed by atoms with van der Waals surface area (Å²) in [4.78, 5) is 2.54. The monoisotopic (exact) mass is 308 g/mol. The highest BCUT2D eigenvalue weighted by molar-refractivity contribution is 6.33. The van der Waals surface area contributed by atoms with Crippen molar-refractivity contribution in [1.29, 1.82) is 0 Å². The fourth-order valence-electron chi connectivity index (χ4n) is 3.17. The summed E-state index contributed by atoms with van der Waals surface area (Å²) in [6, 6.07) is 7.73. The highest BCUT2D eigenvalue weighted by Gasteiger charge is 2.23. The third kappa shape index (κ3) is 4.62. The Hall–Kier alpha value is -0.730. The molecule has 1 fully saturated rings. The zero-order valence-electron chi connectivity index (χ0n) is 13.7. The van der Waals surface area contributed by atoms with E-state index < -0.39 is 0 Å². The first-order valence-corrected chi connectivity index (χ1v) is 8.78. The normalized spacial score (nSPS) is 19.3. The molecular weight excluding hydrogens is 280 g/mol. The first kappa shape index (κ1) is 16.6. The van der Waals surface area contributed by atoms with Crippen molar-refractivity contribution in [2.24, 2.45) is 0 Å². The lowest BCUT2D eigenvalue weighted by molar-refractivity contribution is 0.435. The quantitative estimate of drug-likeness (QED) is 0.796. The zero-order valence-corrected chi connectivity index (χ0v) is 14.4. The minimum absolute atomic E-state index is 0.500. The van der Waals surface area contributed by atoms with Crippen molar-refractivity contribution in [2.75, 3.05) is 11.4 Å². The summed E-state index contributed by atoms with van der Waals surface area (Å²) in [6.07, 6.45) is 6.46. The van der Waals surface area contributed by atoms with E-state index in [0.717, 1.165) is 18.1 Å². The third-order valence-corrected chi connectivity index (χ3v) is 4.59.